The van der Waals surface area contributed by atoms with E-state index in [1.807, 2.05) is 17.5 Å². The highest BCUT2D eigenvalue weighted by Gasteiger charge is 2.16. The van der Waals surface area contributed by atoms with Gasteiger partial charge in [-0.15, -0.1) is 35.3 Å². The predicted molar refractivity (Wildman–Crippen MR) is 129 cm³/mol. The molecule has 2 aromatic rings. The van der Waals surface area contributed by atoms with Crippen LogP contribution in [0.3, 0.4) is 0 Å². The largest absolute Gasteiger partial charge is 0.490 e. The van der Waals surface area contributed by atoms with Crippen LogP contribution in [0.1, 0.15) is 17.4 Å². The molecule has 0 aliphatic heterocycles. The maximum absolute atomic E-state index is 12.9. The zero-order valence-corrected chi connectivity index (χ0v) is 20.7. The minimum atomic E-state index is -2.98. The summed E-state index contributed by atoms with van der Waals surface area (Å²) < 4.78 is 35.9. The number of ether oxygens (including phenoxy) is 2. The van der Waals surface area contributed by atoms with Crippen molar-refractivity contribution in [3.8, 4) is 11.5 Å². The van der Waals surface area contributed by atoms with Gasteiger partial charge in [0.15, 0.2) is 17.5 Å². The Labute approximate surface area is 201 Å². The van der Waals surface area contributed by atoms with Crippen LogP contribution >= 0.6 is 35.3 Å². The highest BCUT2D eigenvalue weighted by Crippen LogP contribution is 2.33. The summed E-state index contributed by atoms with van der Waals surface area (Å²) in [5.74, 6) is 0.443. The summed E-state index contributed by atoms with van der Waals surface area (Å²) in [5, 5.41) is 8.07. The van der Waals surface area contributed by atoms with Crippen molar-refractivity contribution < 1.29 is 23.0 Å². The number of amides is 1. The molecule has 1 heterocycles. The number of guanidine groups is 1. The monoisotopic (exact) mass is 568 g/mol. The van der Waals surface area contributed by atoms with Crippen molar-refractivity contribution in [2.45, 2.75) is 26.6 Å². The van der Waals surface area contributed by atoms with Crippen LogP contribution in [0, 0.1) is 0 Å². The second kappa shape index (κ2) is 14.0. The van der Waals surface area contributed by atoms with E-state index in [1.54, 1.807) is 50.6 Å². The van der Waals surface area contributed by atoms with E-state index in [9.17, 15) is 13.6 Å². The smallest absolute Gasteiger partial charge is 0.387 e. The summed E-state index contributed by atoms with van der Waals surface area (Å²) in [5.41, 5.74) is 0.442. The first kappa shape index (κ1) is 26.9. The second-order valence-corrected chi connectivity index (χ2v) is 7.33. The molecule has 0 aliphatic carbocycles. The van der Waals surface area contributed by atoms with E-state index in [4.69, 9.17) is 4.74 Å². The Balaban J connectivity index is 0.00000480. The summed E-state index contributed by atoms with van der Waals surface area (Å²) in [7, 11) is 3.32. The highest BCUT2D eigenvalue weighted by molar-refractivity contribution is 14.0. The third kappa shape index (κ3) is 9.25. The SMILES string of the molecule is CCOc1cccc(CN=C(NCC(=O)N(C)C)NCc2cccs2)c1OC(F)F.I. The van der Waals surface area contributed by atoms with Gasteiger partial charge in [0.2, 0.25) is 5.91 Å². The Morgan fingerprint density at radius 3 is 2.61 bits per heavy atom. The second-order valence-electron chi connectivity index (χ2n) is 6.30. The van der Waals surface area contributed by atoms with Crippen LogP contribution in [0.4, 0.5) is 8.78 Å². The minimum absolute atomic E-state index is 0. The first-order chi connectivity index (χ1) is 14.4. The fourth-order valence-corrected chi connectivity index (χ4v) is 3.06. The fourth-order valence-electron chi connectivity index (χ4n) is 2.42. The van der Waals surface area contributed by atoms with Gasteiger partial charge >= 0.3 is 6.61 Å². The van der Waals surface area contributed by atoms with Crippen molar-refractivity contribution in [2.75, 3.05) is 27.2 Å². The van der Waals surface area contributed by atoms with Gasteiger partial charge in [-0.1, -0.05) is 18.2 Å². The van der Waals surface area contributed by atoms with Crippen molar-refractivity contribution in [3.63, 3.8) is 0 Å². The molecular weight excluding hydrogens is 541 g/mol. The number of rotatable bonds is 10. The van der Waals surface area contributed by atoms with Gasteiger partial charge in [-0.25, -0.2) is 4.99 Å². The molecule has 1 aromatic heterocycles. The van der Waals surface area contributed by atoms with Crippen molar-refractivity contribution in [1.29, 1.82) is 0 Å². The lowest BCUT2D eigenvalue weighted by Crippen LogP contribution is -2.42. The van der Waals surface area contributed by atoms with Gasteiger partial charge in [0, 0.05) is 24.5 Å². The quantitative estimate of drug-likeness (QED) is 0.260. The number of carbonyl (C=O) groups excluding carboxylic acids is 1. The first-order valence-corrected chi connectivity index (χ1v) is 10.2. The van der Waals surface area contributed by atoms with E-state index in [1.165, 1.54) is 4.90 Å². The summed E-state index contributed by atoms with van der Waals surface area (Å²) in [4.78, 5) is 18.9. The Kier molecular flexibility index (Phi) is 12.2. The number of aliphatic imine (C=N–C) groups is 1. The lowest BCUT2D eigenvalue weighted by atomic mass is 10.2. The normalized spacial score (nSPS) is 11.0. The molecule has 1 amide bonds. The lowest BCUT2D eigenvalue weighted by molar-refractivity contribution is -0.127. The first-order valence-electron chi connectivity index (χ1n) is 9.35. The Morgan fingerprint density at radius 2 is 2.00 bits per heavy atom. The molecule has 1 aromatic carbocycles. The summed E-state index contributed by atoms with van der Waals surface area (Å²) >= 11 is 1.59. The molecule has 0 unspecified atom stereocenters. The molecule has 0 saturated carbocycles. The number of likely N-dealkylation sites (N-methyl/N-ethyl adjacent to an activating group) is 1. The number of alkyl halides is 2. The average molecular weight is 568 g/mol. The standard InChI is InChI=1S/C20H26F2N4O3S.HI/c1-4-28-16-9-5-7-14(18(16)29-19(21)22)11-23-20(25-13-17(27)26(2)3)24-12-15-8-6-10-30-15;/h5-10,19H,4,11-13H2,1-3H3,(H2,23,24,25);1H. The molecule has 0 fully saturated rings. The van der Waals surface area contributed by atoms with Crippen molar-refractivity contribution >= 4 is 47.2 Å². The number of halogens is 3. The fraction of sp³-hybridized carbons (Fsp3) is 0.400. The van der Waals surface area contributed by atoms with E-state index in [0.29, 0.717) is 24.7 Å². The highest BCUT2D eigenvalue weighted by atomic mass is 127. The molecule has 0 aliphatic rings. The Bertz CT molecular complexity index is 836. The van der Waals surface area contributed by atoms with Gasteiger partial charge in [-0.3, -0.25) is 4.79 Å². The van der Waals surface area contributed by atoms with Crippen LogP contribution in [0.2, 0.25) is 0 Å². The minimum Gasteiger partial charge on any atom is -0.490 e. The number of hydrogen-bond donors (Lipinski definition) is 2. The molecule has 0 atom stereocenters. The molecule has 7 nitrogen and oxygen atoms in total. The molecule has 0 saturated heterocycles. The molecular formula is C20H27F2IN4O3S. The van der Waals surface area contributed by atoms with E-state index in [0.717, 1.165) is 4.88 Å². The van der Waals surface area contributed by atoms with Gasteiger partial charge in [-0.2, -0.15) is 8.78 Å². The van der Waals surface area contributed by atoms with Crippen molar-refractivity contribution in [3.05, 3.63) is 46.2 Å². The van der Waals surface area contributed by atoms with Gasteiger partial charge in [0.05, 0.1) is 26.2 Å². The predicted octanol–water partition coefficient (Wildman–Crippen LogP) is 3.69. The summed E-state index contributed by atoms with van der Waals surface area (Å²) in [6, 6.07) is 8.81. The van der Waals surface area contributed by atoms with E-state index in [2.05, 4.69) is 20.4 Å². The zero-order valence-electron chi connectivity index (χ0n) is 17.6. The van der Waals surface area contributed by atoms with Crippen molar-refractivity contribution in [2.24, 2.45) is 4.99 Å². The van der Waals surface area contributed by atoms with Gasteiger partial charge in [-0.05, 0) is 24.4 Å². The summed E-state index contributed by atoms with van der Waals surface area (Å²) in [6.45, 7) is -0.300. The van der Waals surface area contributed by atoms with Gasteiger partial charge < -0.3 is 25.0 Å². The molecule has 31 heavy (non-hydrogen) atoms. The van der Waals surface area contributed by atoms with E-state index < -0.39 is 6.61 Å². The van der Waals surface area contributed by atoms with Crippen LogP contribution in [0.15, 0.2) is 40.7 Å². The number of benzene rings is 1. The van der Waals surface area contributed by atoms with Crippen molar-refractivity contribution in [1.82, 2.24) is 15.5 Å². The van der Waals surface area contributed by atoms with E-state index >= 15 is 0 Å². The molecule has 0 spiro atoms. The maximum atomic E-state index is 12.9. The van der Waals surface area contributed by atoms with E-state index in [-0.39, 0.29) is 54.5 Å². The summed E-state index contributed by atoms with van der Waals surface area (Å²) in [6.07, 6.45) is 0. The van der Waals surface area contributed by atoms with Crippen LogP contribution in [0.5, 0.6) is 11.5 Å². The topological polar surface area (TPSA) is 75.2 Å². The van der Waals surface area contributed by atoms with Gasteiger partial charge in [0.25, 0.3) is 0 Å². The van der Waals surface area contributed by atoms with Crippen LogP contribution in [-0.2, 0) is 17.9 Å². The molecule has 11 heteroatoms. The Hall–Kier alpha value is -2.15. The average Bonchev–Trinajstić information content (AvgIpc) is 3.22. The number of hydrogen-bond acceptors (Lipinski definition) is 5. The molecule has 172 valence electrons. The number of para-hydroxylation sites is 1. The molecule has 2 rings (SSSR count). The van der Waals surface area contributed by atoms with Crippen LogP contribution < -0.4 is 20.1 Å². The third-order valence-corrected chi connectivity index (χ3v) is 4.77. The van der Waals surface area contributed by atoms with Gasteiger partial charge in [0.1, 0.15) is 0 Å². The Morgan fingerprint density at radius 1 is 1.23 bits per heavy atom. The van der Waals surface area contributed by atoms with Crippen LogP contribution in [-0.4, -0.2) is 50.6 Å². The third-order valence-electron chi connectivity index (χ3n) is 3.89. The zero-order chi connectivity index (χ0) is 21.9. The number of carbonyl (C=O) groups is 1. The maximum Gasteiger partial charge on any atom is 0.387 e. The number of nitrogens with one attached hydrogen (secondary N) is 2. The van der Waals surface area contributed by atoms with Crippen LogP contribution in [0.25, 0.3) is 0 Å². The number of nitrogens with zero attached hydrogens (tertiary/aromatic N) is 2. The number of thiophene rings is 1. The lowest BCUT2D eigenvalue weighted by Gasteiger charge is -2.16. The molecule has 0 radical (unpaired) electrons. The molecule has 2 N–H and O–H groups in total. The molecule has 0 bridgehead atoms.